The van der Waals surface area contributed by atoms with Crippen LogP contribution in [0.15, 0.2) is 119 Å². The van der Waals surface area contributed by atoms with E-state index in [-0.39, 0.29) is 36.7 Å². The topological polar surface area (TPSA) is 205 Å². The molecule has 0 radical (unpaired) electrons. The number of amides is 4. The molecule has 0 spiro atoms. The summed E-state index contributed by atoms with van der Waals surface area (Å²) in [5.74, 6) is -0.0939. The molecular weight excluding hydrogens is 777 g/mol. The zero-order chi connectivity index (χ0) is 40.6. The molecule has 0 fully saturated rings. The fourth-order valence-corrected chi connectivity index (χ4v) is 8.36. The second-order valence-corrected chi connectivity index (χ2v) is 15.7. The first-order valence-corrected chi connectivity index (χ1v) is 20.8. The standard InChI is InChI=1S/C42H38N8O6S2/c1-2-25(35-31-32(40(54)46-35)36(47-39(31)53)26-9-5-3-6-10-26)13-16-43-23-29(51)44-17-21-57-58-22-18-45-30(52)24-50-19-14-28(15-20-50)38-34-33(41(55)49-38)37(48-42(34)56)27-11-7-4-8-12-27/h2-16,19-20,43H,17-18,21-24H2,1H3,(H5,44,45,46,47,48,49,51,52,53,54,55,56)/p+1/b16-13-,25-2+. The number of aromatic hydroxyl groups is 2. The van der Waals surface area contributed by atoms with Gasteiger partial charge in [-0.05, 0) is 35.9 Å². The number of carbonyl (C=O) groups excluding carboxylic acids is 4. The number of H-pyrrole nitrogens is 2. The van der Waals surface area contributed by atoms with Crippen molar-refractivity contribution in [1.82, 2.24) is 25.9 Å². The van der Waals surface area contributed by atoms with Gasteiger partial charge >= 0.3 is 0 Å². The molecule has 2 aliphatic rings. The van der Waals surface area contributed by atoms with E-state index in [0.29, 0.717) is 80.8 Å². The van der Waals surface area contributed by atoms with Crippen LogP contribution >= 0.6 is 21.6 Å². The minimum atomic E-state index is -0.436. The quantitative estimate of drug-likeness (QED) is 0.0301. The number of benzene rings is 2. The number of aromatic nitrogens is 3. The summed E-state index contributed by atoms with van der Waals surface area (Å²) < 4.78 is 1.72. The van der Waals surface area contributed by atoms with Gasteiger partial charge in [0.1, 0.15) is 0 Å². The van der Waals surface area contributed by atoms with Gasteiger partial charge in [-0.3, -0.25) is 19.2 Å². The lowest BCUT2D eigenvalue weighted by Gasteiger charge is -2.06. The van der Waals surface area contributed by atoms with Gasteiger partial charge in [0.05, 0.1) is 51.6 Å². The number of aliphatic imine (C=N–C) groups is 2. The van der Waals surface area contributed by atoms with Gasteiger partial charge in [-0.2, -0.15) is 4.57 Å². The number of nitrogens with zero attached hydrogens (tertiary/aromatic N) is 3. The number of aromatic amines is 2. The van der Waals surface area contributed by atoms with Crippen LogP contribution < -0.4 is 20.5 Å². The first-order valence-electron chi connectivity index (χ1n) is 18.3. The van der Waals surface area contributed by atoms with E-state index in [0.717, 1.165) is 11.1 Å². The molecule has 294 valence electrons. The van der Waals surface area contributed by atoms with Crippen LogP contribution in [0.1, 0.15) is 44.3 Å². The second-order valence-electron chi connectivity index (χ2n) is 13.0. The van der Waals surface area contributed by atoms with Crippen LogP contribution in [0.3, 0.4) is 0 Å². The first kappa shape index (κ1) is 39.6. The normalized spacial score (nSPS) is 13.4. The fraction of sp³-hybridized carbons (Fsp3) is 0.167. The molecule has 0 bridgehead atoms. The zero-order valence-electron chi connectivity index (χ0n) is 31.2. The number of hydrogen-bond acceptors (Lipinski definition) is 9. The van der Waals surface area contributed by atoms with Gasteiger partial charge in [0, 0.05) is 42.3 Å². The third-order valence-electron chi connectivity index (χ3n) is 9.23. The van der Waals surface area contributed by atoms with Gasteiger partial charge < -0.3 is 36.1 Å². The molecule has 7 rings (SSSR count). The summed E-state index contributed by atoms with van der Waals surface area (Å²) >= 11 is 0. The first-order chi connectivity index (χ1) is 28.2. The van der Waals surface area contributed by atoms with Crippen LogP contribution in [-0.4, -0.2) is 86.4 Å². The lowest BCUT2D eigenvalue weighted by Crippen LogP contribution is -2.43. The molecular formula is C42H39N8O6S2+. The molecule has 5 heterocycles. The summed E-state index contributed by atoms with van der Waals surface area (Å²) in [6, 6.07) is 22.1. The minimum absolute atomic E-state index is 0.0454. The number of nitrogens with one attached hydrogen (secondary N) is 5. The van der Waals surface area contributed by atoms with E-state index in [1.807, 2.05) is 60.7 Å². The van der Waals surface area contributed by atoms with E-state index >= 15 is 0 Å². The van der Waals surface area contributed by atoms with Crippen LogP contribution in [0.4, 0.5) is 0 Å². The molecule has 0 unspecified atom stereocenters. The van der Waals surface area contributed by atoms with Gasteiger partial charge in [0.15, 0.2) is 24.2 Å². The van der Waals surface area contributed by atoms with E-state index < -0.39 is 11.8 Å². The summed E-state index contributed by atoms with van der Waals surface area (Å²) in [6.07, 6.45) is 8.54. The number of carbonyl (C=O) groups is 4. The molecule has 0 saturated carbocycles. The Balaban J connectivity index is 0.771. The van der Waals surface area contributed by atoms with E-state index in [2.05, 4.69) is 35.9 Å². The predicted octanol–water partition coefficient (Wildman–Crippen LogP) is 4.67. The SMILES string of the molecule is C/C=C(\C=C/NCC(=O)NCCSSCCNC(=O)C[n+]1ccc(C2=NC(=O)c3c(-c4ccccc4)[nH]c(O)c32)cc1)C1=NC(=O)c2c(-c3ccccc3)[nH]c(O)c21. The van der Waals surface area contributed by atoms with Crippen LogP contribution in [0.5, 0.6) is 11.8 Å². The molecule has 0 saturated heterocycles. The van der Waals surface area contributed by atoms with Crippen LogP contribution in [0.25, 0.3) is 22.5 Å². The van der Waals surface area contributed by atoms with Crippen molar-refractivity contribution >= 4 is 56.6 Å². The Bertz CT molecular complexity index is 2490. The summed E-state index contributed by atoms with van der Waals surface area (Å²) in [5.41, 5.74) is 5.93. The zero-order valence-corrected chi connectivity index (χ0v) is 32.9. The highest BCUT2D eigenvalue weighted by atomic mass is 33.1. The van der Waals surface area contributed by atoms with Crippen LogP contribution in [0, 0.1) is 0 Å². The lowest BCUT2D eigenvalue weighted by molar-refractivity contribution is -0.684. The molecule has 7 N–H and O–H groups in total. The molecule has 2 aromatic carbocycles. The third-order valence-corrected chi connectivity index (χ3v) is 11.6. The second kappa shape index (κ2) is 18.1. The van der Waals surface area contributed by atoms with E-state index in [1.165, 1.54) is 0 Å². The summed E-state index contributed by atoms with van der Waals surface area (Å²) in [6.45, 7) is 2.90. The molecule has 58 heavy (non-hydrogen) atoms. The maximum absolute atomic E-state index is 12.8. The van der Waals surface area contributed by atoms with Crippen molar-refractivity contribution in [1.29, 1.82) is 0 Å². The Morgan fingerprint density at radius 3 is 1.88 bits per heavy atom. The summed E-state index contributed by atoms with van der Waals surface area (Å²) in [5, 5.41) is 30.1. The Hall–Kier alpha value is -6.65. The minimum Gasteiger partial charge on any atom is -0.494 e. The smallest absolute Gasteiger partial charge is 0.286 e. The van der Waals surface area contributed by atoms with Crippen molar-refractivity contribution in [2.24, 2.45) is 9.98 Å². The highest BCUT2D eigenvalue weighted by Gasteiger charge is 2.35. The number of hydrogen-bond donors (Lipinski definition) is 7. The highest BCUT2D eigenvalue weighted by Crippen LogP contribution is 2.39. The van der Waals surface area contributed by atoms with Gasteiger partial charge in [-0.15, -0.1) is 0 Å². The molecule has 4 amide bonds. The van der Waals surface area contributed by atoms with Crippen molar-refractivity contribution < 1.29 is 34.0 Å². The third kappa shape index (κ3) is 8.67. The van der Waals surface area contributed by atoms with Gasteiger partial charge in [-0.1, -0.05) is 88.3 Å². The van der Waals surface area contributed by atoms with Crippen LogP contribution in [-0.2, 0) is 16.1 Å². The Morgan fingerprint density at radius 1 is 0.724 bits per heavy atom. The maximum Gasteiger partial charge on any atom is 0.286 e. The Kier molecular flexibility index (Phi) is 12.3. The number of allylic oxidation sites excluding steroid dienone is 3. The van der Waals surface area contributed by atoms with Crippen molar-refractivity contribution in [2.75, 3.05) is 31.1 Å². The van der Waals surface area contributed by atoms with Gasteiger partial charge in [-0.25, -0.2) is 9.98 Å². The van der Waals surface area contributed by atoms with Crippen molar-refractivity contribution in [3.05, 3.63) is 137 Å². The number of pyridine rings is 1. The Morgan fingerprint density at radius 2 is 1.28 bits per heavy atom. The molecule has 2 aliphatic heterocycles. The monoisotopic (exact) mass is 815 g/mol. The molecule has 0 atom stereocenters. The molecule has 16 heteroatoms. The summed E-state index contributed by atoms with van der Waals surface area (Å²) in [4.78, 5) is 64.9. The largest absolute Gasteiger partial charge is 0.494 e. The predicted molar refractivity (Wildman–Crippen MR) is 225 cm³/mol. The molecule has 0 aliphatic carbocycles. The average molecular weight is 816 g/mol. The number of fused-ring (bicyclic) bond motifs is 2. The number of rotatable bonds is 17. The van der Waals surface area contributed by atoms with Crippen molar-refractivity contribution in [3.8, 4) is 34.3 Å². The Labute approximate surface area is 341 Å². The molecule has 5 aromatic rings. The average Bonchev–Trinajstić information content (AvgIpc) is 3.98. The van der Waals surface area contributed by atoms with Crippen molar-refractivity contribution in [3.63, 3.8) is 0 Å². The van der Waals surface area contributed by atoms with Gasteiger partial charge in [0.2, 0.25) is 12.5 Å². The summed E-state index contributed by atoms with van der Waals surface area (Å²) in [7, 11) is 3.18. The van der Waals surface area contributed by atoms with E-state index in [9.17, 15) is 29.4 Å². The molecule has 3 aromatic heterocycles. The van der Waals surface area contributed by atoms with E-state index in [1.54, 1.807) is 76.0 Å². The van der Waals surface area contributed by atoms with E-state index in [4.69, 9.17) is 0 Å². The van der Waals surface area contributed by atoms with Crippen LogP contribution in [0.2, 0.25) is 0 Å². The van der Waals surface area contributed by atoms with Gasteiger partial charge in [0.25, 0.3) is 17.7 Å². The highest BCUT2D eigenvalue weighted by molar-refractivity contribution is 8.76. The van der Waals surface area contributed by atoms with Crippen molar-refractivity contribution in [2.45, 2.75) is 13.5 Å². The fourth-order valence-electron chi connectivity index (χ4n) is 6.55. The lowest BCUT2D eigenvalue weighted by atomic mass is 10.00. The maximum atomic E-state index is 12.8. The molecule has 14 nitrogen and oxygen atoms in total.